The van der Waals surface area contributed by atoms with Crippen molar-refractivity contribution in [3.05, 3.63) is 127 Å². The lowest BCUT2D eigenvalue weighted by atomic mass is 9.97. The summed E-state index contributed by atoms with van der Waals surface area (Å²) in [5.41, 5.74) is 4.01. The molecule has 2 N–H and O–H groups in total. The van der Waals surface area contributed by atoms with E-state index in [2.05, 4.69) is 134 Å². The molecule has 6 aromatic rings. The number of nitrogens with zero attached hydrogens (tertiary/aromatic N) is 1. The van der Waals surface area contributed by atoms with Gasteiger partial charge in [-0.2, -0.15) is 0 Å². The molecule has 194 valence electrons. The first-order valence-electron chi connectivity index (χ1n) is 13.4. The summed E-state index contributed by atoms with van der Waals surface area (Å²) in [5.74, 6) is 0. The van der Waals surface area contributed by atoms with E-state index in [1.807, 2.05) is 0 Å². The van der Waals surface area contributed by atoms with Crippen molar-refractivity contribution < 1.29 is 15.1 Å². The fourth-order valence-corrected chi connectivity index (χ4v) is 5.77. The second-order valence-electron chi connectivity index (χ2n) is 9.71. The molecule has 4 nitrogen and oxygen atoms in total. The average Bonchev–Trinajstić information content (AvgIpc) is 2.97. The van der Waals surface area contributed by atoms with E-state index < -0.39 is 7.32 Å². The van der Waals surface area contributed by atoms with Gasteiger partial charge in [0.2, 0.25) is 0 Å². The molecule has 0 atom stereocenters. The highest BCUT2D eigenvalue weighted by atomic mass is 16.5. The van der Waals surface area contributed by atoms with E-state index in [1.54, 1.807) is 0 Å². The quantitative estimate of drug-likeness (QED) is 0.182. The molecule has 6 aromatic carbocycles. The minimum Gasteiger partial charge on any atom is -0.832 e. The summed E-state index contributed by atoms with van der Waals surface area (Å²) in [6.07, 6.45) is 2.26. The monoisotopic (exact) mass is 513 g/mol. The maximum atomic E-state index is 8.64. The van der Waals surface area contributed by atoms with E-state index in [9.17, 15) is 0 Å². The third kappa shape index (κ3) is 5.18. The molecule has 0 aliphatic carbocycles. The van der Waals surface area contributed by atoms with Crippen LogP contribution in [-0.4, -0.2) is 23.9 Å². The molecule has 0 bridgehead atoms. The molecule has 0 spiro atoms. The van der Waals surface area contributed by atoms with Gasteiger partial charge in [-0.15, -0.1) is 0 Å². The van der Waals surface area contributed by atoms with Crippen LogP contribution in [0.2, 0.25) is 0 Å². The van der Waals surface area contributed by atoms with Crippen molar-refractivity contribution in [3.63, 3.8) is 0 Å². The minimum atomic E-state index is -2.42. The SMILES string of the molecule is CCCC[N+](c1cccc2ccccc12)(c1cccc2ccccc12)c1cccc2ccccc12.[O-]B(O)O. The first-order chi connectivity index (χ1) is 19.1. The predicted molar refractivity (Wildman–Crippen MR) is 163 cm³/mol. The molecule has 0 radical (unpaired) electrons. The van der Waals surface area contributed by atoms with Gasteiger partial charge in [0.15, 0.2) is 17.1 Å². The maximum Gasteiger partial charge on any atom is 0.339 e. The standard InChI is InChI=1S/C34H30N.BH2O3/c1-2-3-25-35(32-22-10-16-26-13-4-7-19-29(26)32,33-23-11-17-27-14-5-8-20-30(27)33)34-24-12-18-28-15-6-9-21-31(28)34;2-1(3)4/h4-24H,2-3,25H2,1H3;2-3H/q+1;-1. The van der Waals surface area contributed by atoms with Crippen LogP contribution in [0.4, 0.5) is 17.1 Å². The Morgan fingerprint density at radius 3 is 1.18 bits per heavy atom. The van der Waals surface area contributed by atoms with E-state index >= 15 is 0 Å². The average molecular weight is 513 g/mol. The number of rotatable bonds is 6. The molecule has 39 heavy (non-hydrogen) atoms. The van der Waals surface area contributed by atoms with Gasteiger partial charge in [0, 0.05) is 34.4 Å². The van der Waals surface area contributed by atoms with E-state index in [-0.39, 0.29) is 0 Å². The highest BCUT2D eigenvalue weighted by Gasteiger charge is 2.39. The van der Waals surface area contributed by atoms with Crippen LogP contribution < -0.4 is 9.51 Å². The highest BCUT2D eigenvalue weighted by Crippen LogP contribution is 2.51. The predicted octanol–water partition coefficient (Wildman–Crippen LogP) is 7.23. The molecule has 0 aromatic heterocycles. The molecule has 0 fully saturated rings. The fourth-order valence-electron chi connectivity index (χ4n) is 5.77. The Hall–Kier alpha value is -4.00. The fraction of sp³-hybridized carbons (Fsp3) is 0.118. The molecule has 0 saturated heterocycles. The number of hydrogen-bond donors (Lipinski definition) is 2. The Balaban J connectivity index is 0.000000723. The first kappa shape index (κ1) is 26.6. The Morgan fingerprint density at radius 1 is 0.538 bits per heavy atom. The van der Waals surface area contributed by atoms with Gasteiger partial charge in [-0.3, -0.25) is 0 Å². The summed E-state index contributed by atoms with van der Waals surface area (Å²) in [7, 11) is -2.42. The summed E-state index contributed by atoms with van der Waals surface area (Å²) in [6, 6.07) is 47.0. The molecular formula is C34H32BNO3. The van der Waals surface area contributed by atoms with Crippen LogP contribution in [0.1, 0.15) is 19.8 Å². The Bertz CT molecular complexity index is 1510. The van der Waals surface area contributed by atoms with Crippen LogP contribution in [0.3, 0.4) is 0 Å². The minimum absolute atomic E-state index is 0.692. The van der Waals surface area contributed by atoms with Crippen LogP contribution in [-0.2, 0) is 0 Å². The van der Waals surface area contributed by atoms with Gasteiger partial charge in [-0.05, 0) is 40.8 Å². The second kappa shape index (κ2) is 11.8. The maximum absolute atomic E-state index is 8.64. The smallest absolute Gasteiger partial charge is 0.339 e. The van der Waals surface area contributed by atoms with Crippen molar-refractivity contribution in [2.24, 2.45) is 0 Å². The molecule has 0 saturated carbocycles. The zero-order chi connectivity index (χ0) is 27.2. The van der Waals surface area contributed by atoms with Crippen molar-refractivity contribution >= 4 is 56.7 Å². The van der Waals surface area contributed by atoms with E-state index in [0.717, 1.165) is 19.4 Å². The largest absolute Gasteiger partial charge is 0.832 e. The Kier molecular flexibility index (Phi) is 8.06. The van der Waals surface area contributed by atoms with Gasteiger partial charge in [0.05, 0.1) is 6.54 Å². The number of hydrogen-bond acceptors (Lipinski definition) is 3. The lowest BCUT2D eigenvalue weighted by molar-refractivity contribution is -0.242. The summed E-state index contributed by atoms with van der Waals surface area (Å²) in [5, 5.41) is 30.5. The summed E-state index contributed by atoms with van der Waals surface area (Å²) >= 11 is 0. The zero-order valence-electron chi connectivity index (χ0n) is 22.1. The molecule has 0 aliphatic heterocycles. The van der Waals surface area contributed by atoms with Gasteiger partial charge in [0.1, 0.15) is 0 Å². The van der Waals surface area contributed by atoms with Crippen molar-refractivity contribution in [1.82, 2.24) is 4.48 Å². The van der Waals surface area contributed by atoms with Crippen molar-refractivity contribution in [3.8, 4) is 0 Å². The van der Waals surface area contributed by atoms with Crippen LogP contribution >= 0.6 is 0 Å². The van der Waals surface area contributed by atoms with E-state index in [0.29, 0.717) is 4.48 Å². The Morgan fingerprint density at radius 2 is 0.846 bits per heavy atom. The molecule has 0 amide bonds. The molecule has 0 heterocycles. The topological polar surface area (TPSA) is 63.5 Å². The van der Waals surface area contributed by atoms with Crippen molar-refractivity contribution in [1.29, 1.82) is 0 Å². The number of unbranched alkanes of at least 4 members (excludes halogenated alkanes) is 1. The third-order valence-electron chi connectivity index (χ3n) is 7.38. The summed E-state index contributed by atoms with van der Waals surface area (Å²) in [6.45, 7) is 3.29. The summed E-state index contributed by atoms with van der Waals surface area (Å²) in [4.78, 5) is 0. The Labute approximate surface area is 229 Å². The zero-order valence-corrected chi connectivity index (χ0v) is 22.1. The summed E-state index contributed by atoms with van der Waals surface area (Å²) < 4.78 is 0.692. The second-order valence-corrected chi connectivity index (χ2v) is 9.71. The van der Waals surface area contributed by atoms with E-state index in [1.165, 1.54) is 49.4 Å². The lowest BCUT2D eigenvalue weighted by Crippen LogP contribution is -2.40. The molecule has 0 aliphatic rings. The van der Waals surface area contributed by atoms with Gasteiger partial charge in [-0.25, -0.2) is 4.48 Å². The lowest BCUT2D eigenvalue weighted by Gasteiger charge is -2.39. The molecule has 5 heteroatoms. The van der Waals surface area contributed by atoms with Gasteiger partial charge in [0.25, 0.3) is 0 Å². The van der Waals surface area contributed by atoms with Gasteiger partial charge >= 0.3 is 7.32 Å². The van der Waals surface area contributed by atoms with Crippen LogP contribution in [0, 0.1) is 0 Å². The number of fused-ring (bicyclic) bond motifs is 3. The van der Waals surface area contributed by atoms with Crippen molar-refractivity contribution in [2.45, 2.75) is 19.8 Å². The molecule has 6 rings (SSSR count). The highest BCUT2D eigenvalue weighted by molar-refractivity contribution is 6.28. The van der Waals surface area contributed by atoms with E-state index in [4.69, 9.17) is 15.1 Å². The first-order valence-corrected chi connectivity index (χ1v) is 13.4. The van der Waals surface area contributed by atoms with Crippen molar-refractivity contribution in [2.75, 3.05) is 6.54 Å². The third-order valence-corrected chi connectivity index (χ3v) is 7.38. The van der Waals surface area contributed by atoms with Crippen LogP contribution in [0.15, 0.2) is 127 Å². The number of benzene rings is 6. The molecular weight excluding hydrogens is 481 g/mol. The van der Waals surface area contributed by atoms with Gasteiger partial charge < -0.3 is 15.1 Å². The van der Waals surface area contributed by atoms with Gasteiger partial charge in [-0.1, -0.05) is 104 Å². The number of quaternary nitrogens is 1. The van der Waals surface area contributed by atoms with Crippen LogP contribution in [0.25, 0.3) is 32.3 Å². The molecule has 0 unspecified atom stereocenters. The van der Waals surface area contributed by atoms with Crippen LogP contribution in [0.5, 0.6) is 0 Å². The normalized spacial score (nSPS) is 11.4.